The molecule has 0 unspecified atom stereocenters. The molecule has 70 valence electrons. The molecule has 0 saturated heterocycles. The van der Waals surface area contributed by atoms with Crippen LogP contribution in [0.2, 0.25) is 0 Å². The highest BCUT2D eigenvalue weighted by atomic mass is 79.9. The fraction of sp³-hybridized carbons (Fsp3) is 0.0833. The van der Waals surface area contributed by atoms with Crippen LogP contribution in [0.15, 0.2) is 41.6 Å². The van der Waals surface area contributed by atoms with Crippen LogP contribution in [-0.4, -0.2) is 4.98 Å². The molecule has 0 aliphatic rings. The van der Waals surface area contributed by atoms with E-state index in [2.05, 4.69) is 39.6 Å². The molecule has 2 rings (SSSR count). The van der Waals surface area contributed by atoms with Gasteiger partial charge in [-0.3, -0.25) is 4.98 Å². The summed E-state index contributed by atoms with van der Waals surface area (Å²) in [5.74, 6) is 0. The Morgan fingerprint density at radius 2 is 2.14 bits per heavy atom. The molecule has 1 aromatic heterocycles. The number of nitrogens with zero attached hydrogens (tertiary/aromatic N) is 1. The van der Waals surface area contributed by atoms with Gasteiger partial charge in [0.15, 0.2) is 0 Å². The minimum absolute atomic E-state index is 1.04. The van der Waals surface area contributed by atoms with E-state index in [1.165, 1.54) is 5.39 Å². The first kappa shape index (κ1) is 9.41. The minimum Gasteiger partial charge on any atom is -0.263 e. The summed E-state index contributed by atoms with van der Waals surface area (Å²) < 4.78 is 1.08. The van der Waals surface area contributed by atoms with E-state index in [0.717, 1.165) is 21.0 Å². The molecule has 1 heterocycles. The molecule has 0 aliphatic carbocycles. The van der Waals surface area contributed by atoms with Crippen LogP contribution < -0.4 is 0 Å². The van der Waals surface area contributed by atoms with Crippen molar-refractivity contribution in [2.75, 3.05) is 0 Å². The van der Waals surface area contributed by atoms with Crippen molar-refractivity contribution in [3.63, 3.8) is 0 Å². The van der Waals surface area contributed by atoms with Gasteiger partial charge in [0, 0.05) is 27.8 Å². The first-order valence-corrected chi connectivity index (χ1v) is 5.17. The largest absolute Gasteiger partial charge is 0.263 e. The lowest BCUT2D eigenvalue weighted by Gasteiger charge is -2.05. The quantitative estimate of drug-likeness (QED) is 0.742. The fourth-order valence-electron chi connectivity index (χ4n) is 1.48. The average molecular weight is 248 g/mol. The Labute approximate surface area is 91.6 Å². The average Bonchev–Trinajstić information content (AvgIpc) is 2.16. The van der Waals surface area contributed by atoms with Gasteiger partial charge in [-0.1, -0.05) is 28.6 Å². The van der Waals surface area contributed by atoms with Gasteiger partial charge in [0.25, 0.3) is 0 Å². The van der Waals surface area contributed by atoms with Gasteiger partial charge in [-0.2, -0.15) is 0 Å². The molecule has 0 bridgehead atoms. The van der Waals surface area contributed by atoms with E-state index in [1.807, 2.05) is 25.4 Å². The zero-order valence-corrected chi connectivity index (χ0v) is 9.51. The Hall–Kier alpha value is -1.15. The smallest absolute Gasteiger partial charge is 0.0349 e. The predicted octanol–water partition coefficient (Wildman–Crippen LogP) is 4.03. The number of hydrogen-bond acceptors (Lipinski definition) is 1. The highest BCUT2D eigenvalue weighted by Crippen LogP contribution is 2.25. The van der Waals surface area contributed by atoms with Gasteiger partial charge in [0.2, 0.25) is 0 Å². The van der Waals surface area contributed by atoms with E-state index in [1.54, 1.807) is 0 Å². The molecule has 14 heavy (non-hydrogen) atoms. The van der Waals surface area contributed by atoms with E-state index in [9.17, 15) is 0 Å². The van der Waals surface area contributed by atoms with Crippen molar-refractivity contribution < 1.29 is 0 Å². The number of hydrogen-bond donors (Lipinski definition) is 0. The first-order chi connectivity index (χ1) is 6.68. The standard InChI is InChI=1S/C12H10BrN/c1-8(2)12-7-14-6-9-3-4-10(13)5-11(9)12/h3-7H,1H2,2H3. The Morgan fingerprint density at radius 1 is 1.36 bits per heavy atom. The minimum atomic E-state index is 1.04. The molecule has 0 aliphatic heterocycles. The summed E-state index contributed by atoms with van der Waals surface area (Å²) in [5, 5.41) is 2.34. The second-order valence-corrected chi connectivity index (χ2v) is 4.25. The second-order valence-electron chi connectivity index (χ2n) is 3.33. The van der Waals surface area contributed by atoms with Gasteiger partial charge in [0.1, 0.15) is 0 Å². The highest BCUT2D eigenvalue weighted by molar-refractivity contribution is 9.10. The Bertz CT molecular complexity index is 503. The third kappa shape index (κ3) is 1.58. The predicted molar refractivity (Wildman–Crippen MR) is 64.2 cm³/mol. The molecule has 0 N–H and O–H groups in total. The van der Waals surface area contributed by atoms with Crippen LogP contribution in [0.25, 0.3) is 16.3 Å². The van der Waals surface area contributed by atoms with Crippen molar-refractivity contribution >= 4 is 32.3 Å². The lowest BCUT2D eigenvalue weighted by molar-refractivity contribution is 1.34. The summed E-state index contributed by atoms with van der Waals surface area (Å²) in [6.07, 6.45) is 3.73. The Balaban J connectivity index is 2.84. The number of aromatic nitrogens is 1. The number of benzene rings is 1. The van der Waals surface area contributed by atoms with Gasteiger partial charge in [0.05, 0.1) is 0 Å². The van der Waals surface area contributed by atoms with Gasteiger partial charge in [-0.25, -0.2) is 0 Å². The molecule has 0 amide bonds. The maximum Gasteiger partial charge on any atom is 0.0349 e. The molecule has 0 fully saturated rings. The van der Waals surface area contributed by atoms with E-state index < -0.39 is 0 Å². The summed E-state index contributed by atoms with van der Waals surface area (Å²) in [7, 11) is 0. The van der Waals surface area contributed by atoms with Crippen LogP contribution >= 0.6 is 15.9 Å². The van der Waals surface area contributed by atoms with Crippen LogP contribution in [0.5, 0.6) is 0 Å². The number of allylic oxidation sites excluding steroid dienone is 1. The maximum absolute atomic E-state index is 4.19. The van der Waals surface area contributed by atoms with E-state index in [4.69, 9.17) is 0 Å². The molecular weight excluding hydrogens is 238 g/mol. The normalized spacial score (nSPS) is 10.4. The van der Waals surface area contributed by atoms with Gasteiger partial charge in [-0.05, 0) is 30.0 Å². The first-order valence-electron chi connectivity index (χ1n) is 4.37. The molecule has 0 saturated carbocycles. The molecule has 2 heteroatoms. The van der Waals surface area contributed by atoms with Crippen LogP contribution in [0, 0.1) is 0 Å². The topological polar surface area (TPSA) is 12.9 Å². The number of fused-ring (bicyclic) bond motifs is 1. The van der Waals surface area contributed by atoms with E-state index in [-0.39, 0.29) is 0 Å². The zero-order valence-electron chi connectivity index (χ0n) is 7.92. The van der Waals surface area contributed by atoms with Crippen molar-refractivity contribution in [2.45, 2.75) is 6.92 Å². The molecule has 1 aromatic carbocycles. The molecule has 2 aromatic rings. The maximum atomic E-state index is 4.19. The van der Waals surface area contributed by atoms with Gasteiger partial charge >= 0.3 is 0 Å². The van der Waals surface area contributed by atoms with Gasteiger partial charge in [-0.15, -0.1) is 0 Å². The summed E-state index contributed by atoms with van der Waals surface area (Å²) >= 11 is 3.47. The number of rotatable bonds is 1. The fourth-order valence-corrected chi connectivity index (χ4v) is 1.84. The molecular formula is C12H10BrN. The van der Waals surface area contributed by atoms with Crippen LogP contribution in [-0.2, 0) is 0 Å². The lowest BCUT2D eigenvalue weighted by atomic mass is 10.0. The van der Waals surface area contributed by atoms with Crippen LogP contribution in [0.4, 0.5) is 0 Å². The monoisotopic (exact) mass is 247 g/mol. The van der Waals surface area contributed by atoms with Crippen LogP contribution in [0.1, 0.15) is 12.5 Å². The number of halogens is 1. The summed E-state index contributed by atoms with van der Waals surface area (Å²) in [6, 6.07) is 6.17. The van der Waals surface area contributed by atoms with Crippen LogP contribution in [0.3, 0.4) is 0 Å². The van der Waals surface area contributed by atoms with Crippen molar-refractivity contribution in [1.82, 2.24) is 4.98 Å². The Morgan fingerprint density at radius 3 is 2.86 bits per heavy atom. The third-order valence-electron chi connectivity index (χ3n) is 2.18. The molecule has 0 spiro atoms. The third-order valence-corrected chi connectivity index (χ3v) is 2.68. The SMILES string of the molecule is C=C(C)c1cncc2ccc(Br)cc12. The highest BCUT2D eigenvalue weighted by Gasteiger charge is 2.02. The Kier molecular flexibility index (Phi) is 2.38. The number of pyridine rings is 1. The van der Waals surface area contributed by atoms with Crippen molar-refractivity contribution in [3.8, 4) is 0 Å². The van der Waals surface area contributed by atoms with Crippen molar-refractivity contribution in [1.29, 1.82) is 0 Å². The van der Waals surface area contributed by atoms with Gasteiger partial charge < -0.3 is 0 Å². The molecule has 0 radical (unpaired) electrons. The summed E-state index contributed by atoms with van der Waals surface area (Å²) in [5.41, 5.74) is 2.16. The zero-order chi connectivity index (χ0) is 10.1. The summed E-state index contributed by atoms with van der Waals surface area (Å²) in [6.45, 7) is 5.95. The second kappa shape index (κ2) is 3.54. The summed E-state index contributed by atoms with van der Waals surface area (Å²) in [4.78, 5) is 4.19. The van der Waals surface area contributed by atoms with E-state index in [0.29, 0.717) is 0 Å². The molecule has 0 atom stereocenters. The van der Waals surface area contributed by atoms with E-state index >= 15 is 0 Å². The van der Waals surface area contributed by atoms with Crippen molar-refractivity contribution in [2.24, 2.45) is 0 Å². The lowest BCUT2D eigenvalue weighted by Crippen LogP contribution is -1.84. The van der Waals surface area contributed by atoms with Crippen molar-refractivity contribution in [3.05, 3.63) is 47.2 Å². The molecule has 1 nitrogen and oxygen atoms in total.